The van der Waals surface area contributed by atoms with Crippen molar-refractivity contribution < 1.29 is 23.8 Å². The van der Waals surface area contributed by atoms with Crippen molar-refractivity contribution in [2.45, 2.75) is 54.4 Å². The van der Waals surface area contributed by atoms with Gasteiger partial charge in [-0.1, -0.05) is 58.0 Å². The van der Waals surface area contributed by atoms with Gasteiger partial charge in [-0.25, -0.2) is 4.79 Å². The van der Waals surface area contributed by atoms with Crippen molar-refractivity contribution in [3.8, 4) is 22.6 Å². The minimum absolute atomic E-state index is 0.182. The van der Waals surface area contributed by atoms with E-state index in [-0.39, 0.29) is 12.4 Å². The molecule has 3 rings (SSSR count). The molecule has 0 unspecified atom stereocenters. The maximum atomic E-state index is 12.2. The van der Waals surface area contributed by atoms with Crippen molar-refractivity contribution in [1.82, 2.24) is 5.32 Å². The standard InChI is InChI=1S/C25H31NO5.C2H6/c1-6-26-24(28)31-15-25(3,4)14-30-23-20(11-10-16(2)22(23)29-5)17-8-7-9-19-18(17)12-13-21(19)27;1-2/h7-11H,6,12-15H2,1-5H3,(H,26,28);1-2H3. The van der Waals surface area contributed by atoms with Gasteiger partial charge in [0.2, 0.25) is 0 Å². The van der Waals surface area contributed by atoms with E-state index >= 15 is 0 Å². The summed E-state index contributed by atoms with van der Waals surface area (Å²) in [6.45, 7) is 12.8. The summed E-state index contributed by atoms with van der Waals surface area (Å²) < 4.78 is 17.3. The highest BCUT2D eigenvalue weighted by atomic mass is 16.6. The molecule has 0 atom stereocenters. The number of alkyl carbamates (subject to hydrolysis) is 1. The molecule has 2 aromatic carbocycles. The van der Waals surface area contributed by atoms with Gasteiger partial charge in [0.15, 0.2) is 17.3 Å². The molecule has 1 aliphatic carbocycles. The smallest absolute Gasteiger partial charge is 0.407 e. The van der Waals surface area contributed by atoms with E-state index in [1.54, 1.807) is 7.11 Å². The molecule has 33 heavy (non-hydrogen) atoms. The Hall–Kier alpha value is -3.02. The molecule has 6 heteroatoms. The van der Waals surface area contributed by atoms with Gasteiger partial charge in [-0.2, -0.15) is 0 Å². The molecule has 0 fully saturated rings. The number of hydrogen-bond donors (Lipinski definition) is 1. The van der Waals surface area contributed by atoms with Crippen molar-refractivity contribution in [3.05, 3.63) is 47.0 Å². The number of rotatable bonds is 8. The van der Waals surface area contributed by atoms with Crippen molar-refractivity contribution in [2.75, 3.05) is 26.9 Å². The Morgan fingerprint density at radius 3 is 2.36 bits per heavy atom. The number of amides is 1. The zero-order valence-corrected chi connectivity index (χ0v) is 21.0. The van der Waals surface area contributed by atoms with Crippen LogP contribution in [0.25, 0.3) is 11.1 Å². The van der Waals surface area contributed by atoms with Crippen LogP contribution in [0.3, 0.4) is 0 Å². The third-order valence-corrected chi connectivity index (χ3v) is 5.40. The summed E-state index contributed by atoms with van der Waals surface area (Å²) in [5.74, 6) is 1.49. The van der Waals surface area contributed by atoms with Crippen LogP contribution in [0.5, 0.6) is 11.5 Å². The lowest BCUT2D eigenvalue weighted by Crippen LogP contribution is -2.32. The summed E-state index contributed by atoms with van der Waals surface area (Å²) in [4.78, 5) is 23.9. The molecule has 6 nitrogen and oxygen atoms in total. The van der Waals surface area contributed by atoms with E-state index in [0.717, 1.165) is 34.2 Å². The van der Waals surface area contributed by atoms with E-state index in [1.165, 1.54) is 0 Å². The molecule has 1 amide bonds. The average Bonchev–Trinajstić information content (AvgIpc) is 3.19. The van der Waals surface area contributed by atoms with Crippen molar-refractivity contribution in [3.63, 3.8) is 0 Å². The number of fused-ring (bicyclic) bond motifs is 1. The van der Waals surface area contributed by atoms with Gasteiger partial charge >= 0.3 is 6.09 Å². The summed E-state index contributed by atoms with van der Waals surface area (Å²) >= 11 is 0. The Balaban J connectivity index is 0.00000187. The largest absolute Gasteiger partial charge is 0.493 e. The van der Waals surface area contributed by atoms with E-state index in [1.807, 2.05) is 71.9 Å². The van der Waals surface area contributed by atoms with Crippen LogP contribution in [-0.2, 0) is 11.2 Å². The minimum Gasteiger partial charge on any atom is -0.493 e. The Morgan fingerprint density at radius 1 is 1.00 bits per heavy atom. The topological polar surface area (TPSA) is 73.9 Å². The van der Waals surface area contributed by atoms with Gasteiger partial charge in [-0.3, -0.25) is 4.79 Å². The van der Waals surface area contributed by atoms with Gasteiger partial charge in [0.25, 0.3) is 0 Å². The van der Waals surface area contributed by atoms with Crippen LogP contribution in [0.4, 0.5) is 4.79 Å². The van der Waals surface area contributed by atoms with Gasteiger partial charge < -0.3 is 19.5 Å². The molecule has 0 aromatic heterocycles. The van der Waals surface area contributed by atoms with Crippen molar-refractivity contribution >= 4 is 11.9 Å². The molecule has 0 radical (unpaired) electrons. The molecule has 0 aliphatic heterocycles. The number of nitrogens with one attached hydrogen (secondary N) is 1. The van der Waals surface area contributed by atoms with E-state index in [0.29, 0.717) is 31.1 Å². The van der Waals surface area contributed by atoms with E-state index in [2.05, 4.69) is 5.32 Å². The molecule has 180 valence electrons. The number of carbonyl (C=O) groups excluding carboxylic acids is 2. The Kier molecular flexibility index (Phi) is 9.32. The maximum absolute atomic E-state index is 12.2. The normalized spacial score (nSPS) is 12.4. The highest BCUT2D eigenvalue weighted by Crippen LogP contribution is 2.44. The number of ketones is 1. The van der Waals surface area contributed by atoms with Crippen LogP contribution in [-0.4, -0.2) is 38.7 Å². The van der Waals surface area contributed by atoms with Crippen molar-refractivity contribution in [1.29, 1.82) is 0 Å². The monoisotopic (exact) mass is 455 g/mol. The van der Waals surface area contributed by atoms with E-state index < -0.39 is 11.5 Å². The highest BCUT2D eigenvalue weighted by molar-refractivity contribution is 6.02. The van der Waals surface area contributed by atoms with Crippen LogP contribution in [0, 0.1) is 12.3 Å². The summed E-state index contributed by atoms with van der Waals surface area (Å²) in [5.41, 5.74) is 4.29. The number of ether oxygens (including phenoxy) is 3. The molecule has 0 spiro atoms. The first kappa shape index (κ1) is 26.2. The predicted octanol–water partition coefficient (Wildman–Crippen LogP) is 5.98. The number of aryl methyl sites for hydroxylation is 1. The number of benzene rings is 2. The second-order valence-electron chi connectivity index (χ2n) is 8.61. The average molecular weight is 456 g/mol. The fraction of sp³-hybridized carbons (Fsp3) is 0.481. The van der Waals surface area contributed by atoms with Crippen LogP contribution in [0.1, 0.15) is 62.5 Å². The molecule has 0 saturated heterocycles. The van der Waals surface area contributed by atoms with Gasteiger partial charge in [-0.05, 0) is 37.0 Å². The van der Waals surface area contributed by atoms with E-state index in [4.69, 9.17) is 14.2 Å². The predicted molar refractivity (Wildman–Crippen MR) is 131 cm³/mol. The van der Waals surface area contributed by atoms with Crippen LogP contribution in [0.2, 0.25) is 0 Å². The lowest BCUT2D eigenvalue weighted by molar-refractivity contribution is 0.0681. The lowest BCUT2D eigenvalue weighted by Gasteiger charge is -2.26. The van der Waals surface area contributed by atoms with Crippen LogP contribution in [0.15, 0.2) is 30.3 Å². The molecular formula is C27H37NO5. The molecule has 1 aliphatic rings. The van der Waals surface area contributed by atoms with Crippen molar-refractivity contribution in [2.24, 2.45) is 5.41 Å². The molecule has 2 aromatic rings. The summed E-state index contributed by atoms with van der Waals surface area (Å²) in [5, 5.41) is 2.63. The maximum Gasteiger partial charge on any atom is 0.407 e. The first-order valence-corrected chi connectivity index (χ1v) is 11.6. The Morgan fingerprint density at radius 2 is 1.70 bits per heavy atom. The molecule has 1 N–H and O–H groups in total. The zero-order valence-electron chi connectivity index (χ0n) is 21.0. The summed E-state index contributed by atoms with van der Waals surface area (Å²) in [6, 6.07) is 9.85. The number of hydrogen-bond acceptors (Lipinski definition) is 5. The van der Waals surface area contributed by atoms with Gasteiger partial charge in [-0.15, -0.1) is 0 Å². The summed E-state index contributed by atoms with van der Waals surface area (Å²) in [7, 11) is 1.63. The summed E-state index contributed by atoms with van der Waals surface area (Å²) in [6.07, 6.45) is 0.829. The number of Topliss-reactive ketones (excluding diaryl/α,β-unsaturated/α-hetero) is 1. The Bertz CT molecular complexity index is 981. The Labute approximate surface area is 197 Å². The third kappa shape index (κ3) is 6.28. The fourth-order valence-corrected chi connectivity index (χ4v) is 3.78. The fourth-order valence-electron chi connectivity index (χ4n) is 3.78. The second kappa shape index (κ2) is 11.7. The molecular weight excluding hydrogens is 418 g/mol. The van der Waals surface area contributed by atoms with E-state index in [9.17, 15) is 9.59 Å². The molecule has 0 bridgehead atoms. The number of carbonyl (C=O) groups is 2. The highest BCUT2D eigenvalue weighted by Gasteiger charge is 2.27. The first-order valence-electron chi connectivity index (χ1n) is 11.6. The van der Waals surface area contributed by atoms with Crippen LogP contribution >= 0.6 is 0 Å². The zero-order chi connectivity index (χ0) is 24.6. The SMILES string of the molecule is CC.CCNC(=O)OCC(C)(C)COc1c(-c2cccc3c2CCC3=O)ccc(C)c1OC. The molecule has 0 saturated carbocycles. The quantitative estimate of drug-likeness (QED) is 0.530. The second-order valence-corrected chi connectivity index (χ2v) is 8.61. The van der Waals surface area contributed by atoms with Gasteiger partial charge in [0.05, 0.1) is 13.7 Å². The van der Waals surface area contributed by atoms with Crippen LogP contribution < -0.4 is 14.8 Å². The van der Waals surface area contributed by atoms with Gasteiger partial charge in [0, 0.05) is 29.5 Å². The molecule has 0 heterocycles. The third-order valence-electron chi connectivity index (χ3n) is 5.40. The lowest BCUT2D eigenvalue weighted by atomic mass is 9.94. The van der Waals surface area contributed by atoms with Gasteiger partial charge in [0.1, 0.15) is 6.61 Å². The number of methoxy groups -OCH3 is 1. The first-order chi connectivity index (χ1) is 15.8. The minimum atomic E-state index is -0.436.